The molecule has 70 heavy (non-hydrogen) atoms. The zero-order valence-corrected chi connectivity index (χ0v) is 40.7. The highest BCUT2D eigenvalue weighted by Crippen LogP contribution is 2.59. The molecule has 17 nitrogen and oxygen atoms in total. The number of nitrogens with zero attached hydrogens (tertiary/aromatic N) is 1. The number of fused-ring (bicyclic) bond motifs is 1. The summed E-state index contributed by atoms with van der Waals surface area (Å²) in [6.07, 6.45) is 14.9. The summed E-state index contributed by atoms with van der Waals surface area (Å²) in [6.45, 7) is 16.4. The summed E-state index contributed by atoms with van der Waals surface area (Å²) < 4.78 is 42.3. The number of hydrogen-bond donors (Lipinski definition) is 0. The summed E-state index contributed by atoms with van der Waals surface area (Å²) in [5.41, 5.74) is -0.340. The highest BCUT2D eigenvalue weighted by molar-refractivity contribution is 8.24. The van der Waals surface area contributed by atoms with Gasteiger partial charge in [-0.25, -0.2) is 19.2 Å². The highest BCUT2D eigenvalue weighted by Gasteiger charge is 2.39. The van der Waals surface area contributed by atoms with Crippen molar-refractivity contribution >= 4 is 71.3 Å². The lowest BCUT2D eigenvalue weighted by molar-refractivity contribution is -0.170. The van der Waals surface area contributed by atoms with E-state index in [1.165, 1.54) is 0 Å². The van der Waals surface area contributed by atoms with Gasteiger partial charge in [0.25, 0.3) is 5.70 Å². The first-order valence-electron chi connectivity index (χ1n) is 23.8. The number of carbonyl (C=O) groups is 8. The molecule has 6 rings (SSSR count). The molecule has 0 aromatic heterocycles. The van der Waals surface area contributed by atoms with E-state index in [1.54, 1.807) is 12.1 Å². The van der Waals surface area contributed by atoms with Gasteiger partial charge in [0.15, 0.2) is 0 Å². The molecule has 0 amide bonds. The average Bonchev–Trinajstić information content (AvgIpc) is 3.84. The van der Waals surface area contributed by atoms with Crippen LogP contribution >= 0.6 is 23.5 Å². The molecular formula is C51H59NO16S2. The van der Waals surface area contributed by atoms with Crippen molar-refractivity contribution in [2.75, 3.05) is 26.8 Å². The third kappa shape index (κ3) is 14.6. The number of rotatable bonds is 19. The molecule has 0 bridgehead atoms. The van der Waals surface area contributed by atoms with Gasteiger partial charge in [-0.05, 0) is 139 Å². The van der Waals surface area contributed by atoms with Crippen molar-refractivity contribution in [1.29, 1.82) is 0 Å². The Morgan fingerprint density at radius 1 is 0.486 bits per heavy atom. The fourth-order valence-electron chi connectivity index (χ4n) is 10.1. The summed E-state index contributed by atoms with van der Waals surface area (Å²) in [5.74, 6) is -3.78. The van der Waals surface area contributed by atoms with Crippen molar-refractivity contribution in [1.82, 2.24) is 0 Å². The molecule has 0 radical (unpaired) electrons. The zero-order chi connectivity index (χ0) is 50.2. The summed E-state index contributed by atoms with van der Waals surface area (Å²) in [4.78, 5) is 104. The molecule has 376 valence electrons. The molecule has 1 aromatic carbocycles. The van der Waals surface area contributed by atoms with Crippen LogP contribution in [0.1, 0.15) is 103 Å². The quantitative estimate of drug-likeness (QED) is 0.0241. The first-order chi connectivity index (χ1) is 33.8. The van der Waals surface area contributed by atoms with Gasteiger partial charge in [0.2, 0.25) is 13.6 Å². The first-order valence-corrected chi connectivity index (χ1v) is 25.4. The van der Waals surface area contributed by atoms with E-state index in [9.17, 15) is 38.4 Å². The molecule has 1 heterocycles. The van der Waals surface area contributed by atoms with Gasteiger partial charge < -0.3 is 37.9 Å². The Kier molecular flexibility index (Phi) is 20.1. The lowest BCUT2D eigenvalue weighted by Gasteiger charge is -2.36. The smallest absolute Gasteiger partial charge is 0.338 e. The molecule has 4 saturated carbocycles. The van der Waals surface area contributed by atoms with Crippen molar-refractivity contribution in [2.45, 2.75) is 113 Å². The summed E-state index contributed by atoms with van der Waals surface area (Å²) in [6, 6.07) is 3.13. The minimum atomic E-state index is -0.946. The van der Waals surface area contributed by atoms with Crippen LogP contribution in [0.3, 0.4) is 0 Å². The fraction of sp³-hybridized carbons (Fsp3) is 0.549. The standard InChI is InChI=1S/C51H59NO16S2/c1-5-40(53)61-26-27-62-50(60)43(52-4)51-69-44-38(67-48(58)36-20-12-32(13-21-36)30-8-16-34(17-9-30)46(56)65-28-63-41(54)6-2)24-25-39(45(44)70-51)68-49(59)37-22-14-33(15-23-37)31-10-18-35(19-11-31)47(57)66-29-64-42(55)7-3/h5-7,24-25,30-37H,1-3,8-23,26-29H2. The number of carbonyl (C=O) groups excluding carboxylic acids is 8. The van der Waals surface area contributed by atoms with Gasteiger partial charge in [0.1, 0.15) is 24.7 Å². The Morgan fingerprint density at radius 2 is 0.814 bits per heavy atom. The van der Waals surface area contributed by atoms with Gasteiger partial charge in [0, 0.05) is 18.2 Å². The predicted octanol–water partition coefficient (Wildman–Crippen LogP) is 8.74. The number of benzene rings is 1. The Hall–Kier alpha value is -5.87. The van der Waals surface area contributed by atoms with Crippen LogP contribution in [0.15, 0.2) is 69.8 Å². The molecule has 5 aliphatic rings. The van der Waals surface area contributed by atoms with Gasteiger partial charge in [0.05, 0.1) is 44.3 Å². The number of hydrogen-bond acceptors (Lipinski definition) is 18. The van der Waals surface area contributed by atoms with Crippen molar-refractivity contribution in [3.05, 3.63) is 71.4 Å². The highest BCUT2D eigenvalue weighted by atomic mass is 32.2. The van der Waals surface area contributed by atoms with E-state index in [2.05, 4.69) is 24.6 Å². The van der Waals surface area contributed by atoms with Gasteiger partial charge in [-0.3, -0.25) is 24.0 Å². The van der Waals surface area contributed by atoms with Gasteiger partial charge in [-0.1, -0.05) is 43.3 Å². The Balaban J connectivity index is 1.05. The Labute approximate surface area is 415 Å². The second-order valence-corrected chi connectivity index (χ2v) is 20.3. The van der Waals surface area contributed by atoms with E-state index in [0.717, 1.165) is 93.1 Å². The van der Waals surface area contributed by atoms with Crippen LogP contribution in [0.4, 0.5) is 0 Å². The maximum atomic E-state index is 13.8. The molecule has 1 aromatic rings. The first kappa shape index (κ1) is 53.5. The molecule has 0 atom stereocenters. The van der Waals surface area contributed by atoms with Crippen LogP contribution < -0.4 is 9.47 Å². The molecule has 0 saturated heterocycles. The summed E-state index contributed by atoms with van der Waals surface area (Å²) >= 11 is 2.08. The molecule has 1 aliphatic heterocycles. The molecule has 19 heteroatoms. The lowest BCUT2D eigenvalue weighted by Crippen LogP contribution is -2.32. The molecule has 0 N–H and O–H groups in total. The van der Waals surface area contributed by atoms with E-state index >= 15 is 0 Å². The van der Waals surface area contributed by atoms with E-state index in [0.29, 0.717) is 84.8 Å². The van der Waals surface area contributed by atoms with Crippen molar-refractivity contribution < 1.29 is 76.3 Å². The van der Waals surface area contributed by atoms with E-state index in [4.69, 9.17) is 44.5 Å². The van der Waals surface area contributed by atoms with Gasteiger partial charge in [-0.15, -0.1) is 0 Å². The topological polar surface area (TPSA) is 215 Å². The minimum absolute atomic E-state index is 0.201. The van der Waals surface area contributed by atoms with Gasteiger partial charge >= 0.3 is 47.8 Å². The molecular weight excluding hydrogens is 947 g/mol. The molecule has 0 unspecified atom stereocenters. The maximum absolute atomic E-state index is 13.8. The third-order valence-corrected chi connectivity index (χ3v) is 16.6. The van der Waals surface area contributed by atoms with Crippen LogP contribution in [0.2, 0.25) is 0 Å². The largest absolute Gasteiger partial charge is 0.467 e. The second-order valence-electron chi connectivity index (χ2n) is 18.0. The average molecular weight is 1010 g/mol. The van der Waals surface area contributed by atoms with Crippen LogP contribution in [0.5, 0.6) is 11.5 Å². The third-order valence-electron chi connectivity index (χ3n) is 14.0. The van der Waals surface area contributed by atoms with E-state index < -0.39 is 49.4 Å². The molecule has 4 fully saturated rings. The predicted molar refractivity (Wildman–Crippen MR) is 251 cm³/mol. The minimum Gasteiger partial charge on any atom is -0.467 e. The summed E-state index contributed by atoms with van der Waals surface area (Å²) in [5, 5.41) is 0. The summed E-state index contributed by atoms with van der Waals surface area (Å²) in [7, 11) is 0. The molecule has 0 spiro atoms. The number of ether oxygens (including phenoxy) is 8. The van der Waals surface area contributed by atoms with Crippen molar-refractivity contribution in [3.8, 4) is 11.5 Å². The Morgan fingerprint density at radius 3 is 1.16 bits per heavy atom. The zero-order valence-electron chi connectivity index (χ0n) is 39.1. The van der Waals surface area contributed by atoms with Crippen molar-refractivity contribution in [3.63, 3.8) is 0 Å². The lowest BCUT2D eigenvalue weighted by atomic mass is 9.69. The van der Waals surface area contributed by atoms with E-state index in [1.807, 2.05) is 0 Å². The number of thioether (sulfide) groups is 2. The number of esters is 8. The van der Waals surface area contributed by atoms with E-state index in [-0.39, 0.29) is 70.3 Å². The second kappa shape index (κ2) is 26.4. The maximum Gasteiger partial charge on any atom is 0.338 e. The Bertz CT molecular complexity index is 2110. The van der Waals surface area contributed by atoms with Crippen LogP contribution in [-0.2, 0) is 66.8 Å². The van der Waals surface area contributed by atoms with Crippen LogP contribution in [-0.4, -0.2) is 74.6 Å². The van der Waals surface area contributed by atoms with Crippen LogP contribution in [0, 0.1) is 53.9 Å². The monoisotopic (exact) mass is 1010 g/mol. The SMILES string of the molecule is [C-]#[N+]C(C(=O)OCCOC(=O)C=C)=C1Sc2c(OC(=O)C3CCC(C4CCC(C(=O)OCOC(=O)C=C)CC4)CC3)ccc(OC(=O)C3CCC(C4CCC(C(=O)OCOC(=O)C=C)CC4)CC3)c2S1. The van der Waals surface area contributed by atoms with Crippen LogP contribution in [0.25, 0.3) is 4.85 Å². The van der Waals surface area contributed by atoms with Crippen molar-refractivity contribution in [2.24, 2.45) is 47.3 Å². The molecule has 4 aliphatic carbocycles. The fourth-order valence-corrected chi connectivity index (χ4v) is 12.6. The normalized spacial score (nSPS) is 24.9. The van der Waals surface area contributed by atoms with Gasteiger partial charge in [-0.2, -0.15) is 0 Å².